The highest BCUT2D eigenvalue weighted by Gasteiger charge is 2.14. The van der Waals surface area contributed by atoms with Crippen LogP contribution in [-0.2, 0) is 10.0 Å². The standard InChI is InChI=1S/C14H14N2O3S2/c1-12-6-7-14(20-12)21(17,18)16-9-2-3-10-19-13-5-4-8-15-11-13/h4-8,11,16H,9-10H2,1H3. The Bertz CT molecular complexity index is 743. The van der Waals surface area contributed by atoms with E-state index in [1.807, 2.05) is 6.92 Å². The van der Waals surface area contributed by atoms with Gasteiger partial charge in [-0.25, -0.2) is 8.42 Å². The minimum absolute atomic E-state index is 0.0513. The molecule has 7 heteroatoms. The summed E-state index contributed by atoms with van der Waals surface area (Å²) in [5.41, 5.74) is 0. The third kappa shape index (κ3) is 4.86. The van der Waals surface area contributed by atoms with Gasteiger partial charge < -0.3 is 4.74 Å². The van der Waals surface area contributed by atoms with Crippen LogP contribution in [0, 0.1) is 18.8 Å². The molecule has 0 saturated heterocycles. The van der Waals surface area contributed by atoms with E-state index in [4.69, 9.17) is 4.74 Å². The highest BCUT2D eigenvalue weighted by Crippen LogP contribution is 2.19. The number of sulfonamides is 1. The first-order valence-corrected chi connectivity index (χ1v) is 8.42. The van der Waals surface area contributed by atoms with Crippen LogP contribution in [0.15, 0.2) is 40.9 Å². The van der Waals surface area contributed by atoms with Crippen molar-refractivity contribution < 1.29 is 13.2 Å². The van der Waals surface area contributed by atoms with Gasteiger partial charge in [0, 0.05) is 11.1 Å². The van der Waals surface area contributed by atoms with Crippen LogP contribution >= 0.6 is 11.3 Å². The molecule has 0 atom stereocenters. The molecule has 0 amide bonds. The smallest absolute Gasteiger partial charge is 0.250 e. The second-order valence-electron chi connectivity index (χ2n) is 4.02. The summed E-state index contributed by atoms with van der Waals surface area (Å²) in [5, 5.41) is 0. The van der Waals surface area contributed by atoms with Gasteiger partial charge in [0.1, 0.15) is 16.6 Å². The Morgan fingerprint density at radius 2 is 2.19 bits per heavy atom. The molecule has 2 aromatic rings. The number of ether oxygens (including phenoxy) is 1. The maximum atomic E-state index is 11.9. The summed E-state index contributed by atoms with van der Waals surface area (Å²) in [5.74, 6) is 6.07. The third-order valence-electron chi connectivity index (χ3n) is 2.40. The fourth-order valence-corrected chi connectivity index (χ4v) is 3.68. The summed E-state index contributed by atoms with van der Waals surface area (Å²) in [7, 11) is -3.46. The second kappa shape index (κ2) is 7.22. The third-order valence-corrected chi connectivity index (χ3v) is 5.30. The number of pyridine rings is 1. The number of aryl methyl sites for hydroxylation is 1. The number of hydrogen-bond donors (Lipinski definition) is 1. The van der Waals surface area contributed by atoms with Crippen LogP contribution in [0.4, 0.5) is 0 Å². The molecule has 21 heavy (non-hydrogen) atoms. The van der Waals surface area contributed by atoms with Crippen molar-refractivity contribution in [2.24, 2.45) is 0 Å². The van der Waals surface area contributed by atoms with Gasteiger partial charge in [-0.2, -0.15) is 4.72 Å². The predicted molar refractivity (Wildman–Crippen MR) is 81.8 cm³/mol. The van der Waals surface area contributed by atoms with E-state index < -0.39 is 10.0 Å². The molecule has 2 rings (SSSR count). The van der Waals surface area contributed by atoms with Gasteiger partial charge >= 0.3 is 0 Å². The van der Waals surface area contributed by atoms with Crippen LogP contribution in [0.2, 0.25) is 0 Å². The van der Waals surface area contributed by atoms with E-state index in [-0.39, 0.29) is 13.2 Å². The summed E-state index contributed by atoms with van der Waals surface area (Å²) in [6.45, 7) is 2.10. The lowest BCUT2D eigenvalue weighted by atomic mass is 10.5. The van der Waals surface area contributed by atoms with E-state index >= 15 is 0 Å². The molecule has 0 fully saturated rings. The maximum Gasteiger partial charge on any atom is 0.250 e. The average molecular weight is 322 g/mol. The van der Waals surface area contributed by atoms with Crippen molar-refractivity contribution in [1.29, 1.82) is 0 Å². The van der Waals surface area contributed by atoms with Gasteiger partial charge in [0.05, 0.1) is 12.7 Å². The zero-order valence-corrected chi connectivity index (χ0v) is 13.0. The molecule has 0 aliphatic rings. The van der Waals surface area contributed by atoms with Crippen molar-refractivity contribution in [3.05, 3.63) is 41.5 Å². The van der Waals surface area contributed by atoms with Crippen LogP contribution < -0.4 is 9.46 Å². The summed E-state index contributed by atoms with van der Waals surface area (Å²) < 4.78 is 31.8. The van der Waals surface area contributed by atoms with E-state index in [2.05, 4.69) is 21.5 Å². The Morgan fingerprint density at radius 3 is 2.86 bits per heavy atom. The van der Waals surface area contributed by atoms with Crippen LogP contribution in [0.3, 0.4) is 0 Å². The van der Waals surface area contributed by atoms with Gasteiger partial charge in [-0.1, -0.05) is 11.8 Å². The lowest BCUT2D eigenvalue weighted by Crippen LogP contribution is -2.23. The van der Waals surface area contributed by atoms with E-state index in [0.717, 1.165) is 4.88 Å². The van der Waals surface area contributed by atoms with Crippen molar-refractivity contribution in [2.75, 3.05) is 13.2 Å². The lowest BCUT2D eigenvalue weighted by Gasteiger charge is -2.00. The molecule has 5 nitrogen and oxygen atoms in total. The number of thiophene rings is 1. The first-order valence-electron chi connectivity index (χ1n) is 6.12. The highest BCUT2D eigenvalue weighted by atomic mass is 32.2. The first-order chi connectivity index (χ1) is 10.1. The quantitative estimate of drug-likeness (QED) is 0.853. The highest BCUT2D eigenvalue weighted by molar-refractivity contribution is 7.91. The molecule has 0 spiro atoms. The summed E-state index contributed by atoms with van der Waals surface area (Å²) in [6, 6.07) is 6.89. The van der Waals surface area contributed by atoms with Gasteiger partial charge in [-0.05, 0) is 31.2 Å². The lowest BCUT2D eigenvalue weighted by molar-refractivity contribution is 0.368. The molecule has 1 N–H and O–H groups in total. The Labute approximate surface area is 128 Å². The molecule has 110 valence electrons. The van der Waals surface area contributed by atoms with Crippen molar-refractivity contribution in [2.45, 2.75) is 11.1 Å². The van der Waals surface area contributed by atoms with Crippen molar-refractivity contribution in [1.82, 2.24) is 9.71 Å². The van der Waals surface area contributed by atoms with Gasteiger partial charge in [-0.15, -0.1) is 11.3 Å². The predicted octanol–water partition coefficient (Wildman–Crippen LogP) is 1.81. The zero-order valence-electron chi connectivity index (χ0n) is 11.4. The number of aromatic nitrogens is 1. The van der Waals surface area contributed by atoms with Gasteiger partial charge in [-0.3, -0.25) is 4.98 Å². The van der Waals surface area contributed by atoms with Crippen LogP contribution in [-0.4, -0.2) is 26.6 Å². The summed E-state index contributed by atoms with van der Waals surface area (Å²) >= 11 is 1.23. The minimum Gasteiger partial charge on any atom is -0.479 e. The topological polar surface area (TPSA) is 68.3 Å². The molecular weight excluding hydrogens is 308 g/mol. The van der Waals surface area contributed by atoms with Gasteiger partial charge in [0.25, 0.3) is 10.0 Å². The Balaban J connectivity index is 1.78. The first kappa shape index (κ1) is 15.5. The zero-order chi connectivity index (χ0) is 15.1. The van der Waals surface area contributed by atoms with E-state index in [0.29, 0.717) is 9.96 Å². The molecule has 0 unspecified atom stereocenters. The maximum absolute atomic E-state index is 11.9. The van der Waals surface area contributed by atoms with Crippen LogP contribution in [0.1, 0.15) is 4.88 Å². The Hall–Kier alpha value is -1.88. The second-order valence-corrected chi connectivity index (χ2v) is 7.30. The number of rotatable bonds is 5. The molecular formula is C14H14N2O3S2. The Morgan fingerprint density at radius 1 is 1.33 bits per heavy atom. The van der Waals surface area contributed by atoms with Gasteiger partial charge in [0.15, 0.2) is 0 Å². The van der Waals surface area contributed by atoms with E-state index in [9.17, 15) is 8.42 Å². The molecule has 0 radical (unpaired) electrons. The van der Waals surface area contributed by atoms with E-state index in [1.54, 1.807) is 36.7 Å². The largest absolute Gasteiger partial charge is 0.479 e. The average Bonchev–Trinajstić information content (AvgIpc) is 2.91. The molecule has 0 aliphatic carbocycles. The molecule has 0 aromatic carbocycles. The normalized spacial score (nSPS) is 10.7. The molecule has 0 bridgehead atoms. The number of nitrogens with one attached hydrogen (secondary N) is 1. The molecule has 2 heterocycles. The van der Waals surface area contributed by atoms with Crippen molar-refractivity contribution in [3.8, 4) is 17.6 Å². The van der Waals surface area contributed by atoms with Crippen LogP contribution in [0.5, 0.6) is 5.75 Å². The number of hydrogen-bond acceptors (Lipinski definition) is 5. The van der Waals surface area contributed by atoms with Crippen LogP contribution in [0.25, 0.3) is 0 Å². The number of nitrogens with zero attached hydrogens (tertiary/aromatic N) is 1. The molecule has 0 saturated carbocycles. The van der Waals surface area contributed by atoms with Gasteiger partial charge in [0.2, 0.25) is 0 Å². The monoisotopic (exact) mass is 322 g/mol. The van der Waals surface area contributed by atoms with E-state index in [1.165, 1.54) is 11.3 Å². The summed E-state index contributed by atoms with van der Waals surface area (Å²) in [6.07, 6.45) is 3.24. The fourth-order valence-electron chi connectivity index (χ4n) is 1.42. The van der Waals surface area contributed by atoms with Crippen molar-refractivity contribution in [3.63, 3.8) is 0 Å². The molecule has 2 aromatic heterocycles. The SMILES string of the molecule is Cc1ccc(S(=O)(=O)NCC#CCOc2cccnc2)s1. The minimum atomic E-state index is -3.46. The Kier molecular flexibility index (Phi) is 5.33. The van der Waals surface area contributed by atoms with Crippen molar-refractivity contribution >= 4 is 21.4 Å². The fraction of sp³-hybridized carbons (Fsp3) is 0.214. The molecule has 0 aliphatic heterocycles. The summed E-state index contributed by atoms with van der Waals surface area (Å²) in [4.78, 5) is 4.85.